The molecule has 2 rings (SSSR count). The van der Waals surface area contributed by atoms with Crippen molar-refractivity contribution < 1.29 is 14.4 Å². The number of nitrogens with zero attached hydrogens (tertiary/aromatic N) is 1. The Balaban J connectivity index is 1.84. The van der Waals surface area contributed by atoms with Crippen LogP contribution >= 0.6 is 0 Å². The van der Waals surface area contributed by atoms with Crippen molar-refractivity contribution in [2.24, 2.45) is 0 Å². The number of nitrogens with one attached hydrogen (secondary N) is 1. The summed E-state index contributed by atoms with van der Waals surface area (Å²) in [5.41, 5.74) is 0.974. The standard InChI is InChI=1S/C12H16N2O3/c1-9(8-16-2)13-12(15)14-11(17-14)10-6-4-3-5-7-10/h3-7,9,11H,8H2,1-2H3,(H,13,15). The summed E-state index contributed by atoms with van der Waals surface area (Å²) in [4.78, 5) is 16.9. The number of carbonyl (C=O) groups is 1. The van der Waals surface area contributed by atoms with E-state index in [1.165, 1.54) is 5.06 Å². The predicted molar refractivity (Wildman–Crippen MR) is 62.0 cm³/mol. The van der Waals surface area contributed by atoms with Crippen LogP contribution in [0.4, 0.5) is 4.79 Å². The van der Waals surface area contributed by atoms with Gasteiger partial charge in [0.2, 0.25) is 6.23 Å². The van der Waals surface area contributed by atoms with E-state index in [-0.39, 0.29) is 18.3 Å². The predicted octanol–water partition coefficient (Wildman–Crippen LogP) is 1.68. The van der Waals surface area contributed by atoms with Gasteiger partial charge < -0.3 is 10.1 Å². The van der Waals surface area contributed by atoms with Crippen LogP contribution in [0.2, 0.25) is 0 Å². The van der Waals surface area contributed by atoms with Gasteiger partial charge in [0, 0.05) is 12.7 Å². The van der Waals surface area contributed by atoms with Crippen LogP contribution in [0.25, 0.3) is 0 Å². The van der Waals surface area contributed by atoms with Crippen molar-refractivity contribution >= 4 is 6.03 Å². The van der Waals surface area contributed by atoms with Gasteiger partial charge >= 0.3 is 6.03 Å². The molecule has 1 saturated heterocycles. The first kappa shape index (κ1) is 11.9. The summed E-state index contributed by atoms with van der Waals surface area (Å²) in [7, 11) is 1.60. The minimum Gasteiger partial charge on any atom is -0.383 e. The third-order valence-corrected chi connectivity index (χ3v) is 2.45. The van der Waals surface area contributed by atoms with Crippen molar-refractivity contribution in [3.8, 4) is 0 Å². The number of hydrogen-bond donors (Lipinski definition) is 1. The van der Waals surface area contributed by atoms with Gasteiger partial charge in [0.15, 0.2) is 0 Å². The van der Waals surface area contributed by atoms with E-state index in [9.17, 15) is 4.79 Å². The lowest BCUT2D eigenvalue weighted by Gasteiger charge is -2.11. The van der Waals surface area contributed by atoms with Gasteiger partial charge in [-0.2, -0.15) is 5.06 Å². The van der Waals surface area contributed by atoms with Crippen LogP contribution in [-0.4, -0.2) is 30.9 Å². The number of urea groups is 1. The summed E-state index contributed by atoms with van der Waals surface area (Å²) in [5.74, 6) is 0. The fraction of sp³-hybridized carbons (Fsp3) is 0.417. The first-order valence-electron chi connectivity index (χ1n) is 5.52. The number of carbonyl (C=O) groups excluding carboxylic acids is 1. The third-order valence-electron chi connectivity index (χ3n) is 2.45. The maximum Gasteiger partial charge on any atom is 0.344 e. The molecule has 2 amide bonds. The maximum absolute atomic E-state index is 11.7. The highest BCUT2D eigenvalue weighted by atomic mass is 16.8. The van der Waals surface area contributed by atoms with Crippen LogP contribution in [0, 0.1) is 0 Å². The maximum atomic E-state index is 11.7. The first-order valence-corrected chi connectivity index (χ1v) is 5.52. The Hall–Kier alpha value is -1.59. The monoisotopic (exact) mass is 236 g/mol. The SMILES string of the molecule is COCC(C)NC(=O)N1OC1c1ccccc1. The Morgan fingerprint density at radius 3 is 2.88 bits per heavy atom. The molecule has 0 radical (unpaired) electrons. The number of ether oxygens (including phenoxy) is 1. The van der Waals surface area contributed by atoms with Gasteiger partial charge in [-0.05, 0) is 6.92 Å². The Morgan fingerprint density at radius 2 is 2.24 bits per heavy atom. The van der Waals surface area contributed by atoms with E-state index in [0.717, 1.165) is 5.56 Å². The smallest absolute Gasteiger partial charge is 0.344 e. The normalized spacial score (nSPS) is 19.9. The largest absolute Gasteiger partial charge is 0.383 e. The molecule has 1 fully saturated rings. The number of benzene rings is 1. The van der Waals surface area contributed by atoms with Gasteiger partial charge in [0.05, 0.1) is 12.6 Å². The van der Waals surface area contributed by atoms with E-state index in [2.05, 4.69) is 5.32 Å². The minimum absolute atomic E-state index is 0.0341. The molecule has 2 unspecified atom stereocenters. The second kappa shape index (κ2) is 5.16. The third kappa shape index (κ3) is 2.95. The van der Waals surface area contributed by atoms with Gasteiger partial charge in [0.25, 0.3) is 0 Å². The van der Waals surface area contributed by atoms with E-state index < -0.39 is 0 Å². The van der Waals surface area contributed by atoms with Crippen molar-refractivity contribution in [2.75, 3.05) is 13.7 Å². The number of amides is 2. The highest BCUT2D eigenvalue weighted by Crippen LogP contribution is 2.36. The summed E-state index contributed by atoms with van der Waals surface area (Å²) in [5, 5.41) is 4.10. The second-order valence-corrected chi connectivity index (χ2v) is 4.00. The molecule has 0 saturated carbocycles. The van der Waals surface area contributed by atoms with Gasteiger partial charge in [-0.3, -0.25) is 0 Å². The molecule has 0 bridgehead atoms. The van der Waals surface area contributed by atoms with Crippen LogP contribution in [0.15, 0.2) is 30.3 Å². The average molecular weight is 236 g/mol. The van der Waals surface area contributed by atoms with E-state index in [1.807, 2.05) is 37.3 Å². The lowest BCUT2D eigenvalue weighted by atomic mass is 10.2. The van der Waals surface area contributed by atoms with Gasteiger partial charge in [-0.25, -0.2) is 9.63 Å². The highest BCUT2D eigenvalue weighted by molar-refractivity contribution is 5.75. The molecule has 1 aromatic carbocycles. The highest BCUT2D eigenvalue weighted by Gasteiger charge is 2.42. The van der Waals surface area contributed by atoms with Crippen LogP contribution in [-0.2, 0) is 9.57 Å². The molecule has 1 aromatic rings. The number of hydroxylamine groups is 2. The topological polar surface area (TPSA) is 53.9 Å². The number of hydrogen-bond acceptors (Lipinski definition) is 3. The summed E-state index contributed by atoms with van der Waals surface area (Å²) in [6.07, 6.45) is -0.258. The summed E-state index contributed by atoms with van der Waals surface area (Å²) in [6, 6.07) is 9.35. The molecular formula is C12H16N2O3. The lowest BCUT2D eigenvalue weighted by Crippen LogP contribution is -2.38. The summed E-state index contributed by atoms with van der Waals surface area (Å²) in [6.45, 7) is 2.36. The first-order chi connectivity index (χ1) is 8.22. The Labute approximate surface area is 100 Å². The molecule has 0 spiro atoms. The van der Waals surface area contributed by atoms with Gasteiger partial charge in [-0.15, -0.1) is 0 Å². The van der Waals surface area contributed by atoms with Crippen molar-refractivity contribution in [1.29, 1.82) is 0 Å². The molecule has 1 aliphatic heterocycles. The van der Waals surface area contributed by atoms with Crippen LogP contribution in [0.3, 0.4) is 0 Å². The molecule has 0 aromatic heterocycles. The summed E-state index contributed by atoms with van der Waals surface area (Å²) >= 11 is 0. The molecule has 92 valence electrons. The molecular weight excluding hydrogens is 220 g/mol. The zero-order chi connectivity index (χ0) is 12.3. The molecule has 5 nitrogen and oxygen atoms in total. The Bertz CT molecular complexity index is 383. The molecule has 1 aliphatic rings. The number of rotatable bonds is 4. The zero-order valence-corrected chi connectivity index (χ0v) is 9.92. The van der Waals surface area contributed by atoms with Crippen molar-refractivity contribution in [1.82, 2.24) is 10.4 Å². The van der Waals surface area contributed by atoms with Crippen molar-refractivity contribution in [3.63, 3.8) is 0 Å². The quantitative estimate of drug-likeness (QED) is 0.809. The average Bonchev–Trinajstić information content (AvgIpc) is 3.10. The summed E-state index contributed by atoms with van der Waals surface area (Å²) < 4.78 is 4.94. The molecule has 5 heteroatoms. The lowest BCUT2D eigenvalue weighted by molar-refractivity contribution is 0.151. The van der Waals surface area contributed by atoms with E-state index in [1.54, 1.807) is 7.11 Å². The van der Waals surface area contributed by atoms with Gasteiger partial charge in [-0.1, -0.05) is 30.3 Å². The molecule has 0 aliphatic carbocycles. The van der Waals surface area contributed by atoms with E-state index in [0.29, 0.717) is 6.61 Å². The molecule has 1 heterocycles. The molecule has 17 heavy (non-hydrogen) atoms. The Kier molecular flexibility index (Phi) is 3.61. The van der Waals surface area contributed by atoms with E-state index in [4.69, 9.17) is 9.57 Å². The zero-order valence-electron chi connectivity index (χ0n) is 9.92. The van der Waals surface area contributed by atoms with Crippen LogP contribution in [0.1, 0.15) is 18.7 Å². The van der Waals surface area contributed by atoms with Crippen molar-refractivity contribution in [3.05, 3.63) is 35.9 Å². The number of methoxy groups -OCH3 is 1. The molecule has 1 N–H and O–H groups in total. The Morgan fingerprint density at radius 1 is 1.53 bits per heavy atom. The van der Waals surface area contributed by atoms with Crippen molar-refractivity contribution in [2.45, 2.75) is 19.2 Å². The van der Waals surface area contributed by atoms with Crippen LogP contribution < -0.4 is 5.32 Å². The van der Waals surface area contributed by atoms with E-state index >= 15 is 0 Å². The van der Waals surface area contributed by atoms with Gasteiger partial charge in [0.1, 0.15) is 0 Å². The fourth-order valence-electron chi connectivity index (χ4n) is 1.61. The molecule has 2 atom stereocenters. The second-order valence-electron chi connectivity index (χ2n) is 4.00. The fourth-order valence-corrected chi connectivity index (χ4v) is 1.61. The van der Waals surface area contributed by atoms with Crippen LogP contribution in [0.5, 0.6) is 0 Å². The minimum atomic E-state index is -0.258.